The zero-order valence-corrected chi connectivity index (χ0v) is 4.72. The van der Waals surface area contributed by atoms with Crippen molar-refractivity contribution in [2.24, 2.45) is 11.8 Å². The van der Waals surface area contributed by atoms with E-state index in [9.17, 15) is 0 Å². The van der Waals surface area contributed by atoms with Crippen LogP contribution in [0.3, 0.4) is 0 Å². The summed E-state index contributed by atoms with van der Waals surface area (Å²) < 4.78 is 0. The lowest BCUT2D eigenvalue weighted by molar-refractivity contribution is 0.819. The van der Waals surface area contributed by atoms with E-state index in [1.165, 1.54) is 12.8 Å². The first-order valence-corrected chi connectivity index (χ1v) is 3.37. The topological polar surface area (TPSA) is 0 Å². The van der Waals surface area contributed by atoms with Gasteiger partial charge in [-0.25, -0.2) is 0 Å². The van der Waals surface area contributed by atoms with Crippen LogP contribution in [-0.2, 0) is 0 Å². The molecule has 3 aliphatic rings. The SMILES string of the molecule is C1=C2CCC3C(=C1)C23. The van der Waals surface area contributed by atoms with Gasteiger partial charge < -0.3 is 0 Å². The Morgan fingerprint density at radius 2 is 2.38 bits per heavy atom. The Labute approximate surface area is 48.9 Å². The van der Waals surface area contributed by atoms with E-state index in [4.69, 9.17) is 0 Å². The van der Waals surface area contributed by atoms with E-state index >= 15 is 0 Å². The van der Waals surface area contributed by atoms with Crippen LogP contribution in [0.15, 0.2) is 23.3 Å². The van der Waals surface area contributed by atoms with E-state index in [1.807, 2.05) is 0 Å². The number of hydrogen-bond donors (Lipinski definition) is 0. The second-order valence-corrected chi connectivity index (χ2v) is 3.03. The summed E-state index contributed by atoms with van der Waals surface area (Å²) in [5.41, 5.74) is 3.47. The van der Waals surface area contributed by atoms with Crippen LogP contribution in [0.4, 0.5) is 0 Å². The lowest BCUT2D eigenvalue weighted by Gasteiger charge is -1.88. The zero-order valence-electron chi connectivity index (χ0n) is 4.72. The first-order chi connectivity index (χ1) is 3.97. The summed E-state index contributed by atoms with van der Waals surface area (Å²) in [6.07, 6.45) is 7.51. The molecule has 3 rings (SSSR count). The average molecular weight is 104 g/mol. The van der Waals surface area contributed by atoms with E-state index in [2.05, 4.69) is 12.2 Å². The molecule has 2 fully saturated rings. The van der Waals surface area contributed by atoms with Gasteiger partial charge in [0, 0.05) is 5.92 Å². The van der Waals surface area contributed by atoms with Crippen LogP contribution in [0.2, 0.25) is 0 Å². The highest BCUT2D eigenvalue weighted by atomic mass is 14.6. The van der Waals surface area contributed by atoms with Crippen molar-refractivity contribution < 1.29 is 0 Å². The molecule has 0 saturated heterocycles. The normalized spacial score (nSPS) is 46.0. The maximum Gasteiger partial charge on any atom is 0.00822 e. The Morgan fingerprint density at radius 1 is 1.38 bits per heavy atom. The van der Waals surface area contributed by atoms with Gasteiger partial charge in [0.2, 0.25) is 0 Å². The summed E-state index contributed by atoms with van der Waals surface area (Å²) in [5.74, 6) is 2.02. The van der Waals surface area contributed by atoms with Crippen LogP contribution in [0.5, 0.6) is 0 Å². The number of fused-ring (bicyclic) bond motifs is 1. The van der Waals surface area contributed by atoms with Crippen LogP contribution < -0.4 is 0 Å². The van der Waals surface area contributed by atoms with Gasteiger partial charge in [-0.3, -0.25) is 0 Å². The van der Waals surface area contributed by atoms with Gasteiger partial charge in [-0.1, -0.05) is 23.3 Å². The van der Waals surface area contributed by atoms with Crippen molar-refractivity contribution in [3.8, 4) is 0 Å². The van der Waals surface area contributed by atoms with Gasteiger partial charge in [0.1, 0.15) is 0 Å². The average Bonchev–Trinajstić information content (AvgIpc) is 2.11. The molecular formula is C8H8. The van der Waals surface area contributed by atoms with Crippen molar-refractivity contribution in [3.05, 3.63) is 23.3 Å². The Balaban J connectivity index is 2.27. The number of hydrogen-bond acceptors (Lipinski definition) is 0. The maximum atomic E-state index is 2.33. The maximum absolute atomic E-state index is 2.33. The molecule has 40 valence electrons. The third-order valence-electron chi connectivity index (χ3n) is 2.71. The molecule has 8 heavy (non-hydrogen) atoms. The molecule has 2 saturated carbocycles. The molecule has 0 bridgehead atoms. The number of rotatable bonds is 0. The highest BCUT2D eigenvalue weighted by Gasteiger charge is 2.51. The minimum absolute atomic E-state index is 0.981. The van der Waals surface area contributed by atoms with E-state index in [0.29, 0.717) is 0 Å². The van der Waals surface area contributed by atoms with Crippen molar-refractivity contribution in [1.82, 2.24) is 0 Å². The van der Waals surface area contributed by atoms with Crippen molar-refractivity contribution in [3.63, 3.8) is 0 Å². The van der Waals surface area contributed by atoms with E-state index in [1.54, 1.807) is 11.1 Å². The highest BCUT2D eigenvalue weighted by Crippen LogP contribution is 2.62. The standard InChI is InChI=1S/C8H8/c1-3-6-7-4-2-5(1)8(6)7/h1,3,7-8H,2,4H2. The van der Waals surface area contributed by atoms with Crippen LogP contribution in [0.25, 0.3) is 0 Å². The summed E-state index contributed by atoms with van der Waals surface area (Å²) >= 11 is 0. The molecule has 0 spiro atoms. The molecule has 0 aromatic heterocycles. The molecule has 0 nitrogen and oxygen atoms in total. The Hall–Kier alpha value is -0.520. The quantitative estimate of drug-likeness (QED) is 0.440. The van der Waals surface area contributed by atoms with Crippen molar-refractivity contribution in [2.75, 3.05) is 0 Å². The summed E-state index contributed by atoms with van der Waals surface area (Å²) in [6.45, 7) is 0. The fourth-order valence-electron chi connectivity index (χ4n) is 2.24. The predicted molar refractivity (Wildman–Crippen MR) is 32.4 cm³/mol. The summed E-state index contributed by atoms with van der Waals surface area (Å²) in [7, 11) is 0. The predicted octanol–water partition coefficient (Wildman–Crippen LogP) is 1.89. The molecule has 0 N–H and O–H groups in total. The lowest BCUT2D eigenvalue weighted by Crippen LogP contribution is -1.72. The van der Waals surface area contributed by atoms with Crippen molar-refractivity contribution in [1.29, 1.82) is 0 Å². The van der Waals surface area contributed by atoms with Crippen molar-refractivity contribution >= 4 is 0 Å². The van der Waals surface area contributed by atoms with Gasteiger partial charge >= 0.3 is 0 Å². The minimum Gasteiger partial charge on any atom is -0.0624 e. The van der Waals surface area contributed by atoms with Crippen LogP contribution in [-0.4, -0.2) is 0 Å². The third-order valence-corrected chi connectivity index (χ3v) is 2.71. The zero-order chi connectivity index (χ0) is 5.14. The van der Waals surface area contributed by atoms with Crippen molar-refractivity contribution in [2.45, 2.75) is 12.8 Å². The Bertz CT molecular complexity index is 208. The Kier molecular flexibility index (Phi) is 0.355. The largest absolute Gasteiger partial charge is 0.0624 e. The second-order valence-electron chi connectivity index (χ2n) is 3.03. The van der Waals surface area contributed by atoms with E-state index in [-0.39, 0.29) is 0 Å². The van der Waals surface area contributed by atoms with E-state index < -0.39 is 0 Å². The molecule has 2 unspecified atom stereocenters. The minimum atomic E-state index is 0.981. The fourth-order valence-corrected chi connectivity index (χ4v) is 2.24. The molecule has 0 heterocycles. The van der Waals surface area contributed by atoms with E-state index in [0.717, 1.165) is 11.8 Å². The molecule has 0 heteroatoms. The smallest absolute Gasteiger partial charge is 0.00822 e. The molecule has 0 radical (unpaired) electrons. The van der Waals surface area contributed by atoms with Gasteiger partial charge in [0.15, 0.2) is 0 Å². The van der Waals surface area contributed by atoms with Gasteiger partial charge in [-0.05, 0) is 18.8 Å². The molecule has 0 aliphatic heterocycles. The van der Waals surface area contributed by atoms with Gasteiger partial charge in [-0.15, -0.1) is 0 Å². The fraction of sp³-hybridized carbons (Fsp3) is 0.500. The first-order valence-electron chi connectivity index (χ1n) is 3.37. The van der Waals surface area contributed by atoms with Gasteiger partial charge in [0.25, 0.3) is 0 Å². The molecule has 2 atom stereocenters. The third kappa shape index (κ3) is 0.199. The molecule has 3 aliphatic carbocycles. The molecular weight excluding hydrogens is 96.1 g/mol. The molecule has 0 amide bonds. The summed E-state index contributed by atoms with van der Waals surface area (Å²) in [5, 5.41) is 0. The van der Waals surface area contributed by atoms with Crippen LogP contribution >= 0.6 is 0 Å². The van der Waals surface area contributed by atoms with Gasteiger partial charge in [-0.2, -0.15) is 0 Å². The lowest BCUT2D eigenvalue weighted by atomic mass is 10.2. The molecule has 0 aromatic carbocycles. The second kappa shape index (κ2) is 0.812. The number of allylic oxidation sites excluding steroid dienone is 4. The van der Waals surface area contributed by atoms with Crippen LogP contribution in [0, 0.1) is 11.8 Å². The van der Waals surface area contributed by atoms with Crippen LogP contribution in [0.1, 0.15) is 12.8 Å². The first kappa shape index (κ1) is 3.49. The Morgan fingerprint density at radius 3 is 3.00 bits per heavy atom. The summed E-state index contributed by atoms with van der Waals surface area (Å²) in [6, 6.07) is 0. The van der Waals surface area contributed by atoms with Gasteiger partial charge in [0.05, 0.1) is 0 Å². The highest BCUT2D eigenvalue weighted by molar-refractivity contribution is 5.52. The summed E-state index contributed by atoms with van der Waals surface area (Å²) in [4.78, 5) is 0. The molecule has 0 aromatic rings. The monoisotopic (exact) mass is 104 g/mol.